The summed E-state index contributed by atoms with van der Waals surface area (Å²) in [5.41, 5.74) is 0. The molecule has 0 fully saturated rings. The van der Waals surface area contributed by atoms with Crippen LogP contribution < -0.4 is 0 Å². The Morgan fingerprint density at radius 2 is 0.587 bits per heavy atom. The number of rotatable bonds is 70. The lowest BCUT2D eigenvalue weighted by atomic mass is 10.0. The third-order valence-corrected chi connectivity index (χ3v) is 18.2. The average Bonchev–Trinajstić information content (AvgIpc) is 2.92. The lowest BCUT2D eigenvalue weighted by molar-refractivity contribution is -0.161. The summed E-state index contributed by atoms with van der Waals surface area (Å²) in [5.74, 6) is -0.618. The van der Waals surface area contributed by atoms with Crippen molar-refractivity contribution in [3.05, 3.63) is 24.3 Å². The zero-order chi connectivity index (χ0) is 67.9. The molecule has 542 valence electrons. The molecule has 2 unspecified atom stereocenters. The van der Waals surface area contributed by atoms with Crippen LogP contribution >= 0.6 is 15.6 Å². The summed E-state index contributed by atoms with van der Waals surface area (Å²) in [7, 11) is -9.91. The van der Waals surface area contributed by atoms with Gasteiger partial charge in [0.2, 0.25) is 0 Å². The van der Waals surface area contributed by atoms with E-state index in [1.807, 2.05) is 0 Å². The number of phosphoric ester groups is 2. The number of carbonyl (C=O) groups is 4. The normalized spacial score (nSPS) is 14.2. The molecule has 0 amide bonds. The van der Waals surface area contributed by atoms with Crippen LogP contribution in [0.3, 0.4) is 0 Å². The highest BCUT2D eigenvalue weighted by atomic mass is 31.2. The van der Waals surface area contributed by atoms with E-state index in [1.54, 1.807) is 0 Å². The van der Waals surface area contributed by atoms with Crippen molar-refractivity contribution in [1.29, 1.82) is 0 Å². The highest BCUT2D eigenvalue weighted by Crippen LogP contribution is 2.45. The number of hydrogen-bond acceptors (Lipinski definition) is 15. The van der Waals surface area contributed by atoms with Crippen molar-refractivity contribution in [3.8, 4) is 0 Å². The molecule has 0 aliphatic carbocycles. The fourth-order valence-electron chi connectivity index (χ4n) is 10.6. The minimum atomic E-state index is -4.96. The fraction of sp³-hybridized carbons (Fsp3) is 0.890. The predicted molar refractivity (Wildman–Crippen MR) is 372 cm³/mol. The zero-order valence-electron chi connectivity index (χ0n) is 59.3. The molecule has 0 aromatic rings. The highest BCUT2D eigenvalue weighted by molar-refractivity contribution is 7.47. The van der Waals surface area contributed by atoms with Gasteiger partial charge in [-0.2, -0.15) is 0 Å². The summed E-state index contributed by atoms with van der Waals surface area (Å²) in [4.78, 5) is 72.6. The quantitative estimate of drug-likeness (QED) is 0.0169. The van der Waals surface area contributed by atoms with Crippen LogP contribution in [0.2, 0.25) is 0 Å². The molecule has 17 nitrogen and oxygen atoms in total. The van der Waals surface area contributed by atoms with Gasteiger partial charge in [0.25, 0.3) is 0 Å². The van der Waals surface area contributed by atoms with Gasteiger partial charge < -0.3 is 33.8 Å². The van der Waals surface area contributed by atoms with Crippen LogP contribution in [0, 0.1) is 11.8 Å². The molecule has 0 heterocycles. The Hall–Kier alpha value is -2.46. The van der Waals surface area contributed by atoms with E-state index in [-0.39, 0.29) is 25.7 Å². The van der Waals surface area contributed by atoms with Crippen molar-refractivity contribution in [3.63, 3.8) is 0 Å². The Kier molecular flexibility index (Phi) is 62.8. The number of carbonyl (C=O) groups excluding carboxylic acids is 4. The van der Waals surface area contributed by atoms with Gasteiger partial charge in [-0.25, -0.2) is 9.13 Å². The first-order valence-electron chi connectivity index (χ1n) is 37.3. The lowest BCUT2D eigenvalue weighted by Gasteiger charge is -2.21. The molecule has 0 aromatic carbocycles. The molecule has 0 aromatic heterocycles. The molecular weight excluding hydrogens is 1210 g/mol. The number of esters is 4. The average molecular weight is 1350 g/mol. The van der Waals surface area contributed by atoms with Crippen LogP contribution in [0.5, 0.6) is 0 Å². The molecule has 0 spiro atoms. The maximum atomic E-state index is 13.0. The van der Waals surface area contributed by atoms with Gasteiger partial charge in [-0.05, 0) is 63.2 Å². The molecule has 5 atom stereocenters. The maximum Gasteiger partial charge on any atom is 0.472 e. The largest absolute Gasteiger partial charge is 0.472 e. The fourth-order valence-corrected chi connectivity index (χ4v) is 12.2. The van der Waals surface area contributed by atoms with Gasteiger partial charge in [-0.1, -0.05) is 297 Å². The smallest absolute Gasteiger partial charge is 0.462 e. The van der Waals surface area contributed by atoms with Gasteiger partial charge in [0.15, 0.2) is 12.2 Å². The highest BCUT2D eigenvalue weighted by Gasteiger charge is 2.30. The van der Waals surface area contributed by atoms with Gasteiger partial charge in [0, 0.05) is 25.7 Å². The Morgan fingerprint density at radius 3 is 0.891 bits per heavy atom. The summed E-state index contributed by atoms with van der Waals surface area (Å²) in [6, 6.07) is 0. The van der Waals surface area contributed by atoms with Crippen LogP contribution in [0.4, 0.5) is 0 Å². The summed E-state index contributed by atoms with van der Waals surface area (Å²) in [6.45, 7) is 9.48. The Morgan fingerprint density at radius 1 is 0.337 bits per heavy atom. The third kappa shape index (κ3) is 66.2. The molecule has 0 aliphatic rings. The monoisotopic (exact) mass is 1350 g/mol. The first-order valence-corrected chi connectivity index (χ1v) is 40.3. The van der Waals surface area contributed by atoms with E-state index in [1.165, 1.54) is 141 Å². The van der Waals surface area contributed by atoms with E-state index >= 15 is 0 Å². The number of ether oxygens (including phenoxy) is 4. The maximum absolute atomic E-state index is 13.0. The topological polar surface area (TPSA) is 237 Å². The Bertz CT molecular complexity index is 1880. The Labute approximate surface area is 561 Å². The second kappa shape index (κ2) is 64.5. The first-order chi connectivity index (χ1) is 44.4. The van der Waals surface area contributed by atoms with Gasteiger partial charge in [-0.3, -0.25) is 37.3 Å². The lowest BCUT2D eigenvalue weighted by Crippen LogP contribution is -2.30. The number of aliphatic hydroxyl groups is 1. The zero-order valence-corrected chi connectivity index (χ0v) is 61.1. The van der Waals surface area contributed by atoms with Crippen molar-refractivity contribution in [2.75, 3.05) is 39.6 Å². The summed E-state index contributed by atoms with van der Waals surface area (Å²) in [5, 5.41) is 10.6. The molecule has 0 rings (SSSR count). The minimum absolute atomic E-state index is 0.100. The van der Waals surface area contributed by atoms with Gasteiger partial charge in [0.05, 0.1) is 26.4 Å². The number of aliphatic hydroxyl groups excluding tert-OH is 1. The van der Waals surface area contributed by atoms with Crippen molar-refractivity contribution in [2.45, 2.75) is 368 Å². The number of hydrogen-bond donors (Lipinski definition) is 3. The molecule has 3 N–H and O–H groups in total. The van der Waals surface area contributed by atoms with E-state index in [9.17, 15) is 43.2 Å². The van der Waals surface area contributed by atoms with Crippen molar-refractivity contribution < 1.29 is 80.2 Å². The van der Waals surface area contributed by atoms with E-state index in [4.69, 9.17) is 37.0 Å². The van der Waals surface area contributed by atoms with Crippen LogP contribution in [-0.4, -0.2) is 96.7 Å². The number of phosphoric acid groups is 2. The third-order valence-electron chi connectivity index (χ3n) is 16.3. The van der Waals surface area contributed by atoms with Gasteiger partial charge in [-0.15, -0.1) is 0 Å². The van der Waals surface area contributed by atoms with Crippen molar-refractivity contribution >= 4 is 39.5 Å². The van der Waals surface area contributed by atoms with E-state index < -0.39 is 97.5 Å². The van der Waals surface area contributed by atoms with Crippen molar-refractivity contribution in [1.82, 2.24) is 0 Å². The van der Waals surface area contributed by atoms with Crippen molar-refractivity contribution in [2.24, 2.45) is 11.8 Å². The van der Waals surface area contributed by atoms with Gasteiger partial charge in [0.1, 0.15) is 19.3 Å². The summed E-state index contributed by atoms with van der Waals surface area (Å²) < 4.78 is 68.3. The Balaban J connectivity index is 5.26. The van der Waals surface area contributed by atoms with Crippen LogP contribution in [0.15, 0.2) is 24.3 Å². The second-order valence-corrected chi connectivity index (χ2v) is 29.5. The molecule has 0 saturated heterocycles. The molecule has 19 heteroatoms. The van der Waals surface area contributed by atoms with Gasteiger partial charge >= 0.3 is 39.5 Å². The SMILES string of the molecule is CCCCCC/C=C\C=C/CCCCCCCC(=O)OC[C@H](COP(=O)(O)OC[C@@H](O)COP(=O)(O)OC[C@@H](COC(=O)CCCCCCCCCC)OC(=O)CCCCCCCCCCCCC(C)C)OC(=O)CCCCCCCCCCCCCCCC(C)C. The van der Waals surface area contributed by atoms with E-state index in [2.05, 4.69) is 65.8 Å². The van der Waals surface area contributed by atoms with Crippen LogP contribution in [0.1, 0.15) is 350 Å². The van der Waals surface area contributed by atoms with E-state index in [0.717, 1.165) is 127 Å². The molecular formula is C73H138O17P2. The second-order valence-electron chi connectivity index (χ2n) is 26.6. The number of unbranched alkanes of at least 4 members (excludes halogenated alkanes) is 37. The summed E-state index contributed by atoms with van der Waals surface area (Å²) >= 11 is 0. The van der Waals surface area contributed by atoms with Crippen LogP contribution in [0.25, 0.3) is 0 Å². The van der Waals surface area contributed by atoms with E-state index in [0.29, 0.717) is 25.7 Å². The predicted octanol–water partition coefficient (Wildman–Crippen LogP) is 20.7. The molecule has 0 aliphatic heterocycles. The molecule has 0 saturated carbocycles. The summed E-state index contributed by atoms with van der Waals surface area (Å²) in [6.07, 6.45) is 53.5. The first kappa shape index (κ1) is 89.5. The molecule has 92 heavy (non-hydrogen) atoms. The molecule has 0 bridgehead atoms. The standard InChI is InChI=1S/C73H138O17P2/c1-7-9-11-13-15-17-18-19-20-23-26-32-38-44-50-56-71(76)84-62-69(90-72(77)57-51-45-39-33-27-24-21-22-25-30-35-41-47-53-65(3)4)64-88-92(81,82)86-60-67(74)59-85-91(79,80)87-63-68(61-83-70(75)55-49-43-37-16-14-12-10-8-2)89-73(78)58-52-46-40-34-29-28-31-36-42-48-54-66(5)6/h17-20,65-69,74H,7-16,21-64H2,1-6H3,(H,79,80)(H,81,82)/b18-17-,20-19-/t67-,68+,69+/m0/s1. The number of allylic oxidation sites excluding steroid dienone is 4. The molecule has 0 radical (unpaired) electrons. The van der Waals surface area contributed by atoms with Crippen LogP contribution in [-0.2, 0) is 65.4 Å². The minimum Gasteiger partial charge on any atom is -0.462 e.